The molecule has 1 atom stereocenters. The Hall–Kier alpha value is -3.64. The molecule has 4 rings (SSSR count). The van der Waals surface area contributed by atoms with Crippen molar-refractivity contribution in [1.29, 1.82) is 0 Å². The monoisotopic (exact) mass is 462 g/mol. The van der Waals surface area contributed by atoms with Gasteiger partial charge in [-0.05, 0) is 74.9 Å². The lowest BCUT2D eigenvalue weighted by Crippen LogP contribution is -2.30. The van der Waals surface area contributed by atoms with E-state index in [-0.39, 0.29) is 17.4 Å². The van der Waals surface area contributed by atoms with Gasteiger partial charge in [0.25, 0.3) is 11.7 Å². The highest BCUT2D eigenvalue weighted by molar-refractivity contribution is 6.52. The summed E-state index contributed by atoms with van der Waals surface area (Å²) in [6.07, 6.45) is 1.58. The Morgan fingerprint density at radius 2 is 1.79 bits per heavy atom. The van der Waals surface area contributed by atoms with Crippen molar-refractivity contribution >= 4 is 34.7 Å². The molecular formula is C26H23ClN2O4. The number of anilines is 1. The number of hydrogen-bond acceptors (Lipinski definition) is 5. The van der Waals surface area contributed by atoms with Gasteiger partial charge in [-0.3, -0.25) is 19.5 Å². The molecule has 33 heavy (non-hydrogen) atoms. The molecule has 1 unspecified atom stereocenters. The minimum atomic E-state index is -0.907. The van der Waals surface area contributed by atoms with Crippen LogP contribution in [-0.2, 0) is 9.59 Å². The van der Waals surface area contributed by atoms with Gasteiger partial charge in [0, 0.05) is 22.5 Å². The van der Waals surface area contributed by atoms with Gasteiger partial charge in [0.2, 0.25) is 0 Å². The molecule has 6 nitrogen and oxygen atoms in total. The first-order valence-electron chi connectivity index (χ1n) is 10.5. The van der Waals surface area contributed by atoms with Crippen LogP contribution in [0, 0.1) is 6.92 Å². The Kier molecular flexibility index (Phi) is 6.20. The average Bonchev–Trinajstić information content (AvgIpc) is 3.06. The Morgan fingerprint density at radius 1 is 1.06 bits per heavy atom. The van der Waals surface area contributed by atoms with Crippen molar-refractivity contribution in [2.75, 3.05) is 4.90 Å². The number of aliphatic hydroxyl groups excluding tert-OH is 1. The maximum absolute atomic E-state index is 13.2. The number of rotatable bonds is 5. The number of pyridine rings is 1. The number of carbonyl (C=O) groups is 2. The van der Waals surface area contributed by atoms with Gasteiger partial charge in [-0.25, -0.2) is 0 Å². The first-order valence-corrected chi connectivity index (χ1v) is 10.9. The number of ether oxygens (including phenoxy) is 1. The fourth-order valence-corrected chi connectivity index (χ4v) is 4.04. The number of carbonyl (C=O) groups excluding carboxylic acids is 2. The van der Waals surface area contributed by atoms with E-state index in [0.717, 1.165) is 0 Å². The van der Waals surface area contributed by atoms with Crippen LogP contribution in [0.5, 0.6) is 5.75 Å². The molecule has 0 aliphatic carbocycles. The third-order valence-corrected chi connectivity index (χ3v) is 5.82. The zero-order valence-corrected chi connectivity index (χ0v) is 19.2. The topological polar surface area (TPSA) is 79.7 Å². The van der Waals surface area contributed by atoms with Gasteiger partial charge in [0.05, 0.1) is 17.4 Å². The number of aliphatic hydroxyl groups is 1. The van der Waals surface area contributed by atoms with Gasteiger partial charge in [-0.15, -0.1) is 0 Å². The maximum Gasteiger partial charge on any atom is 0.300 e. The summed E-state index contributed by atoms with van der Waals surface area (Å²) >= 11 is 6.30. The predicted molar refractivity (Wildman–Crippen MR) is 127 cm³/mol. The summed E-state index contributed by atoms with van der Waals surface area (Å²) in [6.45, 7) is 5.61. The van der Waals surface area contributed by atoms with Crippen LogP contribution in [0.15, 0.2) is 72.4 Å². The van der Waals surface area contributed by atoms with E-state index in [1.165, 1.54) is 4.90 Å². The van der Waals surface area contributed by atoms with E-state index in [0.29, 0.717) is 33.3 Å². The van der Waals surface area contributed by atoms with Crippen LogP contribution < -0.4 is 9.64 Å². The third kappa shape index (κ3) is 4.22. The van der Waals surface area contributed by atoms with Crippen molar-refractivity contribution in [3.63, 3.8) is 0 Å². The van der Waals surface area contributed by atoms with Crippen molar-refractivity contribution in [3.8, 4) is 5.75 Å². The quantitative estimate of drug-likeness (QED) is 0.309. The molecule has 3 aromatic rings. The lowest BCUT2D eigenvalue weighted by Gasteiger charge is -2.26. The smallest absolute Gasteiger partial charge is 0.300 e. The zero-order chi connectivity index (χ0) is 23.7. The van der Waals surface area contributed by atoms with Gasteiger partial charge in [0.15, 0.2) is 0 Å². The Bertz CT molecular complexity index is 1240. The highest BCUT2D eigenvalue weighted by Gasteiger charge is 2.48. The summed E-state index contributed by atoms with van der Waals surface area (Å²) in [6, 6.07) is 16.2. The first kappa shape index (κ1) is 22.6. The van der Waals surface area contributed by atoms with E-state index in [4.69, 9.17) is 16.3 Å². The molecule has 0 saturated carbocycles. The summed E-state index contributed by atoms with van der Waals surface area (Å²) < 4.78 is 5.65. The third-order valence-electron chi connectivity index (χ3n) is 5.41. The zero-order valence-electron chi connectivity index (χ0n) is 18.4. The van der Waals surface area contributed by atoms with Crippen molar-refractivity contribution in [2.45, 2.75) is 32.9 Å². The number of amides is 1. The van der Waals surface area contributed by atoms with Crippen LogP contribution in [0.25, 0.3) is 5.76 Å². The molecule has 1 N–H and O–H groups in total. The largest absolute Gasteiger partial charge is 0.507 e. The van der Waals surface area contributed by atoms with Crippen molar-refractivity contribution in [2.24, 2.45) is 0 Å². The summed E-state index contributed by atoms with van der Waals surface area (Å²) in [7, 11) is 0. The van der Waals surface area contributed by atoms with E-state index < -0.39 is 17.7 Å². The lowest BCUT2D eigenvalue weighted by atomic mass is 9.98. The molecule has 2 heterocycles. The number of nitrogens with zero attached hydrogens (tertiary/aromatic N) is 2. The van der Waals surface area contributed by atoms with Gasteiger partial charge in [-0.1, -0.05) is 23.7 Å². The molecule has 1 aromatic heterocycles. The molecule has 1 saturated heterocycles. The molecule has 1 amide bonds. The molecule has 7 heteroatoms. The highest BCUT2D eigenvalue weighted by Crippen LogP contribution is 2.43. The van der Waals surface area contributed by atoms with Crippen LogP contribution >= 0.6 is 11.6 Å². The van der Waals surface area contributed by atoms with Crippen LogP contribution in [0.1, 0.15) is 36.7 Å². The second-order valence-corrected chi connectivity index (χ2v) is 8.41. The normalized spacial score (nSPS) is 17.6. The van der Waals surface area contributed by atoms with Gasteiger partial charge >= 0.3 is 0 Å². The predicted octanol–water partition coefficient (Wildman–Crippen LogP) is 5.46. The number of Topliss-reactive ketones (excluding diaryl/α,β-unsaturated/α-hetero) is 1. The average molecular weight is 463 g/mol. The van der Waals surface area contributed by atoms with Crippen LogP contribution in [0.4, 0.5) is 5.69 Å². The minimum Gasteiger partial charge on any atom is -0.507 e. The van der Waals surface area contributed by atoms with Crippen LogP contribution in [0.2, 0.25) is 5.02 Å². The summed E-state index contributed by atoms with van der Waals surface area (Å²) in [5, 5.41) is 11.7. The molecule has 1 aliphatic rings. The lowest BCUT2D eigenvalue weighted by molar-refractivity contribution is -0.132. The SMILES string of the molecule is Cc1c(Cl)cccc1N1C(=O)C(=O)/C(=C(/O)c2ccc(OC(C)C)cc2)C1c1ccccn1. The molecule has 1 aliphatic heterocycles. The van der Waals surface area contributed by atoms with Crippen LogP contribution in [0.3, 0.4) is 0 Å². The van der Waals surface area contributed by atoms with Gasteiger partial charge in [0.1, 0.15) is 17.6 Å². The molecule has 1 fully saturated rings. The first-order chi connectivity index (χ1) is 15.8. The summed E-state index contributed by atoms with van der Waals surface area (Å²) in [5.74, 6) is -1.18. The van der Waals surface area contributed by atoms with Crippen molar-refractivity contribution in [3.05, 3.63) is 94.3 Å². The summed E-state index contributed by atoms with van der Waals surface area (Å²) in [5.41, 5.74) is 1.96. The van der Waals surface area contributed by atoms with Gasteiger partial charge < -0.3 is 9.84 Å². The standard InChI is InChI=1S/C26H23ClN2O4/c1-15(2)33-18-12-10-17(11-13-18)24(30)22-23(20-8-4-5-14-28-20)29(26(32)25(22)31)21-9-6-7-19(27)16(21)3/h4-15,23,30H,1-3H3/b24-22+. The van der Waals surface area contributed by atoms with E-state index in [2.05, 4.69) is 4.98 Å². The van der Waals surface area contributed by atoms with E-state index in [1.807, 2.05) is 13.8 Å². The highest BCUT2D eigenvalue weighted by atomic mass is 35.5. The van der Waals surface area contributed by atoms with E-state index >= 15 is 0 Å². The molecular weight excluding hydrogens is 440 g/mol. The second-order valence-electron chi connectivity index (χ2n) is 8.00. The number of benzene rings is 2. The summed E-state index contributed by atoms with van der Waals surface area (Å²) in [4.78, 5) is 32.2. The maximum atomic E-state index is 13.2. The molecule has 0 spiro atoms. The van der Waals surface area contributed by atoms with Crippen molar-refractivity contribution < 1.29 is 19.4 Å². The van der Waals surface area contributed by atoms with Crippen molar-refractivity contribution in [1.82, 2.24) is 4.98 Å². The van der Waals surface area contributed by atoms with E-state index in [1.54, 1.807) is 73.8 Å². The number of aromatic nitrogens is 1. The molecule has 0 bridgehead atoms. The van der Waals surface area contributed by atoms with Gasteiger partial charge in [-0.2, -0.15) is 0 Å². The fraction of sp³-hybridized carbons (Fsp3) is 0.192. The Balaban J connectivity index is 1.88. The molecule has 168 valence electrons. The van der Waals surface area contributed by atoms with Crippen LogP contribution in [-0.4, -0.2) is 27.9 Å². The number of hydrogen-bond donors (Lipinski definition) is 1. The molecule has 2 aromatic carbocycles. The number of halogens is 1. The minimum absolute atomic E-state index is 0.000127. The fourth-order valence-electron chi connectivity index (χ4n) is 3.87. The Labute approximate surface area is 197 Å². The van der Waals surface area contributed by atoms with E-state index in [9.17, 15) is 14.7 Å². The molecule has 0 radical (unpaired) electrons. The Morgan fingerprint density at radius 3 is 2.42 bits per heavy atom. The number of ketones is 1. The second kappa shape index (κ2) is 9.08.